The van der Waals surface area contributed by atoms with Crippen molar-refractivity contribution in [1.29, 1.82) is 0 Å². The van der Waals surface area contributed by atoms with Gasteiger partial charge in [0.05, 0.1) is 11.0 Å². The van der Waals surface area contributed by atoms with E-state index in [9.17, 15) is 4.79 Å². The summed E-state index contributed by atoms with van der Waals surface area (Å²) in [6.45, 7) is 15.1. The quantitative estimate of drug-likeness (QED) is 0.221. The molecular weight excluding hydrogens is 480 g/mol. The number of hydrogen-bond donors (Lipinski definition) is 0. The van der Waals surface area contributed by atoms with E-state index in [1.54, 1.807) is 0 Å². The summed E-state index contributed by atoms with van der Waals surface area (Å²) in [5.74, 6) is 2.45. The normalized spacial score (nSPS) is 14.5. The molecule has 1 fully saturated rings. The van der Waals surface area contributed by atoms with Gasteiger partial charge < -0.3 is 14.4 Å². The lowest BCUT2D eigenvalue weighted by atomic mass is 10.1. The van der Waals surface area contributed by atoms with Gasteiger partial charge in [-0.25, -0.2) is 4.98 Å². The highest BCUT2D eigenvalue weighted by atomic mass is 16.2. The fourth-order valence-corrected chi connectivity index (χ4v) is 5.61. The second-order valence-electron chi connectivity index (χ2n) is 12.3. The van der Waals surface area contributed by atoms with Crippen LogP contribution in [-0.2, 0) is 19.4 Å². The number of hydrogen-bond acceptors (Lipinski definition) is 3. The fourth-order valence-electron chi connectivity index (χ4n) is 5.61. The second kappa shape index (κ2) is 14.6. The van der Waals surface area contributed by atoms with Crippen LogP contribution in [0.4, 0.5) is 0 Å². The van der Waals surface area contributed by atoms with Gasteiger partial charge in [0, 0.05) is 31.6 Å². The van der Waals surface area contributed by atoms with Crippen molar-refractivity contribution in [3.8, 4) is 0 Å². The largest absolute Gasteiger partial charge is 0.339 e. The number of amides is 1. The van der Waals surface area contributed by atoms with Crippen molar-refractivity contribution in [2.45, 2.75) is 85.6 Å². The first-order chi connectivity index (χ1) is 18.9. The molecule has 0 atom stereocenters. The minimum Gasteiger partial charge on any atom is -0.339 e. The van der Waals surface area contributed by atoms with E-state index in [0.717, 1.165) is 80.7 Å². The smallest absolute Gasteiger partial charge is 0.253 e. The molecule has 1 aliphatic heterocycles. The van der Waals surface area contributed by atoms with E-state index in [0.29, 0.717) is 11.8 Å². The first-order valence-electron chi connectivity index (χ1n) is 15.5. The van der Waals surface area contributed by atoms with Gasteiger partial charge in [0.25, 0.3) is 5.91 Å². The van der Waals surface area contributed by atoms with Gasteiger partial charge in [-0.1, -0.05) is 64.4 Å². The molecule has 1 saturated heterocycles. The van der Waals surface area contributed by atoms with Crippen LogP contribution in [-0.4, -0.2) is 58.0 Å². The average molecular weight is 531 g/mol. The molecule has 4 rings (SSSR count). The number of carbonyl (C=O) groups is 1. The van der Waals surface area contributed by atoms with Gasteiger partial charge in [0.15, 0.2) is 0 Å². The van der Waals surface area contributed by atoms with Crippen LogP contribution in [0.3, 0.4) is 0 Å². The summed E-state index contributed by atoms with van der Waals surface area (Å²) in [6.07, 6.45) is 9.07. The van der Waals surface area contributed by atoms with Gasteiger partial charge in [-0.15, -0.1) is 0 Å². The number of piperidine rings is 1. The van der Waals surface area contributed by atoms with Crippen molar-refractivity contribution >= 4 is 16.9 Å². The van der Waals surface area contributed by atoms with Crippen LogP contribution in [0.1, 0.15) is 88.0 Å². The van der Waals surface area contributed by atoms with Crippen LogP contribution in [0.5, 0.6) is 0 Å². The Morgan fingerprint density at radius 3 is 2.23 bits per heavy atom. The lowest BCUT2D eigenvalue weighted by Gasteiger charge is -2.26. The summed E-state index contributed by atoms with van der Waals surface area (Å²) >= 11 is 0. The van der Waals surface area contributed by atoms with Crippen LogP contribution in [0, 0.1) is 11.8 Å². The molecule has 5 heteroatoms. The third-order valence-corrected chi connectivity index (χ3v) is 8.10. The summed E-state index contributed by atoms with van der Waals surface area (Å²) in [4.78, 5) is 23.5. The molecule has 1 aromatic heterocycles. The standard InChI is InChI=1S/C34H50N4O/c1-27(2)18-24-37(25-19-28(3)4)34(39)30-15-16-31-32(26-30)38(23-11-22-36-20-9-6-10-21-36)33(35-31)17-14-29-12-7-5-8-13-29/h5,7-8,12-13,15-16,26-28H,6,9-11,14,17-25H2,1-4H3. The number of aromatic nitrogens is 2. The van der Waals surface area contributed by atoms with E-state index >= 15 is 0 Å². The fraction of sp³-hybridized carbons (Fsp3) is 0.588. The van der Waals surface area contributed by atoms with Gasteiger partial charge in [-0.2, -0.15) is 0 Å². The topological polar surface area (TPSA) is 41.4 Å². The van der Waals surface area contributed by atoms with Crippen LogP contribution < -0.4 is 0 Å². The number of likely N-dealkylation sites (tertiary alicyclic amines) is 1. The summed E-state index contributed by atoms with van der Waals surface area (Å²) in [6, 6.07) is 16.9. The summed E-state index contributed by atoms with van der Waals surface area (Å²) in [7, 11) is 0. The zero-order valence-corrected chi connectivity index (χ0v) is 24.9. The number of carbonyl (C=O) groups excluding carboxylic acids is 1. The Balaban J connectivity index is 1.57. The Bertz CT molecular complexity index is 1150. The summed E-state index contributed by atoms with van der Waals surface area (Å²) in [5.41, 5.74) is 4.24. The molecule has 0 radical (unpaired) electrons. The van der Waals surface area contributed by atoms with E-state index in [-0.39, 0.29) is 5.91 Å². The molecule has 1 amide bonds. The Morgan fingerprint density at radius 1 is 0.872 bits per heavy atom. The SMILES string of the molecule is CC(C)CCN(CCC(C)C)C(=O)c1ccc2nc(CCc3ccccc3)n(CCCN3CCCCC3)c2c1. The van der Waals surface area contributed by atoms with Crippen LogP contribution >= 0.6 is 0 Å². The number of imidazole rings is 1. The molecule has 3 aromatic rings. The zero-order valence-electron chi connectivity index (χ0n) is 24.9. The van der Waals surface area contributed by atoms with Gasteiger partial charge >= 0.3 is 0 Å². The molecular formula is C34H50N4O. The van der Waals surface area contributed by atoms with Gasteiger partial charge in [-0.3, -0.25) is 4.79 Å². The Labute approximate surface area is 236 Å². The molecule has 0 aliphatic carbocycles. The molecule has 5 nitrogen and oxygen atoms in total. The molecule has 212 valence electrons. The van der Waals surface area contributed by atoms with Gasteiger partial charge in [-0.05, 0) is 93.8 Å². The van der Waals surface area contributed by atoms with E-state index in [4.69, 9.17) is 4.98 Å². The number of benzene rings is 2. The van der Waals surface area contributed by atoms with E-state index in [2.05, 4.69) is 84.5 Å². The van der Waals surface area contributed by atoms with Gasteiger partial charge in [0.1, 0.15) is 5.82 Å². The number of rotatable bonds is 14. The van der Waals surface area contributed by atoms with Crippen molar-refractivity contribution in [3.05, 3.63) is 65.5 Å². The lowest BCUT2D eigenvalue weighted by molar-refractivity contribution is 0.0741. The predicted octanol–water partition coefficient (Wildman–Crippen LogP) is 7.23. The highest BCUT2D eigenvalue weighted by Crippen LogP contribution is 2.22. The molecule has 39 heavy (non-hydrogen) atoms. The van der Waals surface area contributed by atoms with E-state index < -0.39 is 0 Å². The molecule has 0 spiro atoms. The molecule has 0 bridgehead atoms. The average Bonchev–Trinajstić information content (AvgIpc) is 3.29. The Morgan fingerprint density at radius 2 is 1.56 bits per heavy atom. The monoisotopic (exact) mass is 530 g/mol. The van der Waals surface area contributed by atoms with E-state index in [1.807, 2.05) is 6.07 Å². The number of aryl methyl sites for hydroxylation is 3. The second-order valence-corrected chi connectivity index (χ2v) is 12.3. The first kappa shape index (κ1) is 29.3. The molecule has 1 aliphatic rings. The maximum absolute atomic E-state index is 13.8. The summed E-state index contributed by atoms with van der Waals surface area (Å²) in [5, 5.41) is 0. The lowest BCUT2D eigenvalue weighted by Crippen LogP contribution is -2.34. The first-order valence-corrected chi connectivity index (χ1v) is 15.5. The van der Waals surface area contributed by atoms with Crippen molar-refractivity contribution < 1.29 is 4.79 Å². The van der Waals surface area contributed by atoms with Crippen molar-refractivity contribution in [2.75, 3.05) is 32.7 Å². The number of fused-ring (bicyclic) bond motifs is 1. The number of nitrogens with zero attached hydrogens (tertiary/aromatic N) is 4. The zero-order chi connectivity index (χ0) is 27.6. The van der Waals surface area contributed by atoms with Crippen molar-refractivity contribution in [2.24, 2.45) is 11.8 Å². The minimum absolute atomic E-state index is 0.158. The third kappa shape index (κ3) is 8.66. The van der Waals surface area contributed by atoms with Crippen LogP contribution in [0.15, 0.2) is 48.5 Å². The highest BCUT2D eigenvalue weighted by Gasteiger charge is 2.19. The van der Waals surface area contributed by atoms with Crippen LogP contribution in [0.25, 0.3) is 11.0 Å². The minimum atomic E-state index is 0.158. The third-order valence-electron chi connectivity index (χ3n) is 8.10. The Hall–Kier alpha value is -2.66. The summed E-state index contributed by atoms with van der Waals surface area (Å²) < 4.78 is 2.41. The molecule has 2 aromatic carbocycles. The predicted molar refractivity (Wildman–Crippen MR) is 163 cm³/mol. The molecule has 0 saturated carbocycles. The molecule has 0 unspecified atom stereocenters. The maximum atomic E-state index is 13.8. The van der Waals surface area contributed by atoms with E-state index in [1.165, 1.54) is 37.9 Å². The maximum Gasteiger partial charge on any atom is 0.253 e. The van der Waals surface area contributed by atoms with Crippen molar-refractivity contribution in [1.82, 2.24) is 19.4 Å². The van der Waals surface area contributed by atoms with Crippen LogP contribution in [0.2, 0.25) is 0 Å². The highest BCUT2D eigenvalue weighted by molar-refractivity contribution is 5.97. The van der Waals surface area contributed by atoms with Gasteiger partial charge in [0.2, 0.25) is 0 Å². The molecule has 2 heterocycles. The Kier molecular flexibility index (Phi) is 11.0. The molecule has 0 N–H and O–H groups in total. The van der Waals surface area contributed by atoms with Crippen molar-refractivity contribution in [3.63, 3.8) is 0 Å².